The van der Waals surface area contributed by atoms with Crippen LogP contribution in [0.3, 0.4) is 0 Å². The molecule has 3 nitrogen and oxygen atoms in total. The molecule has 2 N–H and O–H groups in total. The van der Waals surface area contributed by atoms with E-state index in [9.17, 15) is 9.90 Å². The Morgan fingerprint density at radius 1 is 1.11 bits per heavy atom. The maximum atomic E-state index is 11.3. The van der Waals surface area contributed by atoms with E-state index in [0.717, 1.165) is 25.7 Å². The van der Waals surface area contributed by atoms with Crippen LogP contribution in [0.5, 0.6) is 0 Å². The summed E-state index contributed by atoms with van der Waals surface area (Å²) in [5.41, 5.74) is 0. The van der Waals surface area contributed by atoms with Crippen molar-refractivity contribution >= 4 is 5.97 Å². The molecule has 1 aliphatic rings. The normalized spacial score (nSPS) is 18.4. The van der Waals surface area contributed by atoms with Crippen LogP contribution in [0.4, 0.5) is 0 Å². The number of hydrogen-bond acceptors (Lipinski definition) is 2. The lowest BCUT2D eigenvalue weighted by Gasteiger charge is -2.26. The lowest BCUT2D eigenvalue weighted by Crippen LogP contribution is -2.44. The van der Waals surface area contributed by atoms with E-state index in [-0.39, 0.29) is 6.04 Å². The second-order valence-corrected chi connectivity index (χ2v) is 5.95. The van der Waals surface area contributed by atoms with Crippen molar-refractivity contribution in [1.29, 1.82) is 0 Å². The van der Waals surface area contributed by atoms with Crippen LogP contribution in [0.1, 0.15) is 84.0 Å². The van der Waals surface area contributed by atoms with Gasteiger partial charge in [-0.2, -0.15) is 0 Å². The number of aliphatic carboxylic acids is 1. The number of hydrogen-bond donors (Lipinski definition) is 2. The van der Waals surface area contributed by atoms with Crippen molar-refractivity contribution in [3.05, 3.63) is 0 Å². The van der Waals surface area contributed by atoms with E-state index in [2.05, 4.69) is 12.2 Å². The van der Waals surface area contributed by atoms with E-state index in [1.807, 2.05) is 0 Å². The molecule has 1 rings (SSSR count). The Bertz CT molecular complexity index is 237. The fourth-order valence-corrected chi connectivity index (χ4v) is 2.96. The summed E-state index contributed by atoms with van der Waals surface area (Å²) in [7, 11) is 0. The second kappa shape index (κ2) is 10.2. The van der Waals surface area contributed by atoms with Crippen molar-refractivity contribution in [3.63, 3.8) is 0 Å². The van der Waals surface area contributed by atoms with Crippen LogP contribution in [-0.4, -0.2) is 23.2 Å². The molecule has 1 atom stereocenters. The van der Waals surface area contributed by atoms with E-state index >= 15 is 0 Å². The van der Waals surface area contributed by atoms with E-state index in [1.165, 1.54) is 51.4 Å². The fourth-order valence-electron chi connectivity index (χ4n) is 2.96. The molecule has 0 amide bonds. The minimum atomic E-state index is -0.667. The van der Waals surface area contributed by atoms with Gasteiger partial charge in [0, 0.05) is 6.04 Å². The summed E-state index contributed by atoms with van der Waals surface area (Å²) in [6, 6.07) is 0.115. The SMILES string of the molecule is CCCCCCCCC(NC1CCCCC1)C(=O)O. The van der Waals surface area contributed by atoms with Gasteiger partial charge < -0.3 is 10.4 Å². The summed E-state index contributed by atoms with van der Waals surface area (Å²) in [6.45, 7) is 2.22. The zero-order valence-electron chi connectivity index (χ0n) is 12.5. The molecule has 0 radical (unpaired) electrons. The number of carboxylic acid groups (broad SMARTS) is 1. The highest BCUT2D eigenvalue weighted by atomic mass is 16.4. The monoisotopic (exact) mass is 269 g/mol. The van der Waals surface area contributed by atoms with Crippen LogP contribution in [0.15, 0.2) is 0 Å². The molecule has 1 fully saturated rings. The van der Waals surface area contributed by atoms with E-state index in [1.54, 1.807) is 0 Å². The van der Waals surface area contributed by atoms with Crippen LogP contribution in [-0.2, 0) is 4.79 Å². The number of nitrogens with one attached hydrogen (secondary N) is 1. The van der Waals surface area contributed by atoms with Crippen molar-refractivity contribution in [2.45, 2.75) is 96.1 Å². The van der Waals surface area contributed by atoms with Crippen LogP contribution < -0.4 is 5.32 Å². The second-order valence-electron chi connectivity index (χ2n) is 5.95. The van der Waals surface area contributed by atoms with Gasteiger partial charge >= 0.3 is 5.97 Å². The van der Waals surface area contributed by atoms with Gasteiger partial charge in [-0.1, -0.05) is 64.7 Å². The van der Waals surface area contributed by atoms with Crippen molar-refractivity contribution in [2.24, 2.45) is 0 Å². The molecule has 0 saturated heterocycles. The molecule has 0 aliphatic heterocycles. The average molecular weight is 269 g/mol. The molecule has 19 heavy (non-hydrogen) atoms. The van der Waals surface area contributed by atoms with Gasteiger partial charge in [0.05, 0.1) is 0 Å². The van der Waals surface area contributed by atoms with Gasteiger partial charge in [0.15, 0.2) is 0 Å². The van der Waals surface area contributed by atoms with Crippen LogP contribution in [0.25, 0.3) is 0 Å². The highest BCUT2D eigenvalue weighted by Gasteiger charge is 2.22. The molecular formula is C16H31NO2. The molecule has 0 heterocycles. The van der Waals surface area contributed by atoms with Gasteiger partial charge in [0.1, 0.15) is 6.04 Å². The molecule has 0 aromatic heterocycles. The smallest absolute Gasteiger partial charge is 0.320 e. The summed E-state index contributed by atoms with van der Waals surface area (Å²) in [4.78, 5) is 11.3. The third-order valence-electron chi connectivity index (χ3n) is 4.19. The van der Waals surface area contributed by atoms with Crippen molar-refractivity contribution in [2.75, 3.05) is 0 Å². The minimum absolute atomic E-state index is 0.325. The fraction of sp³-hybridized carbons (Fsp3) is 0.938. The lowest BCUT2D eigenvalue weighted by atomic mass is 9.94. The van der Waals surface area contributed by atoms with Crippen LogP contribution in [0.2, 0.25) is 0 Å². The Kier molecular flexibility index (Phi) is 8.89. The minimum Gasteiger partial charge on any atom is -0.480 e. The molecule has 112 valence electrons. The quantitative estimate of drug-likeness (QED) is 0.587. The average Bonchev–Trinajstić information content (AvgIpc) is 2.42. The zero-order valence-corrected chi connectivity index (χ0v) is 12.5. The van der Waals surface area contributed by atoms with Gasteiger partial charge in [-0.15, -0.1) is 0 Å². The van der Waals surface area contributed by atoms with Gasteiger partial charge in [-0.25, -0.2) is 0 Å². The Morgan fingerprint density at radius 2 is 1.74 bits per heavy atom. The molecule has 1 saturated carbocycles. The predicted molar refractivity (Wildman–Crippen MR) is 79.4 cm³/mol. The summed E-state index contributed by atoms with van der Waals surface area (Å²) in [5.74, 6) is -0.667. The first-order valence-electron chi connectivity index (χ1n) is 8.23. The van der Waals surface area contributed by atoms with Crippen molar-refractivity contribution in [1.82, 2.24) is 5.32 Å². The summed E-state index contributed by atoms with van der Waals surface area (Å²) < 4.78 is 0. The molecule has 1 unspecified atom stereocenters. The maximum Gasteiger partial charge on any atom is 0.320 e. The molecule has 0 spiro atoms. The van der Waals surface area contributed by atoms with Crippen LogP contribution in [0, 0.1) is 0 Å². The largest absolute Gasteiger partial charge is 0.480 e. The Labute approximate surface area is 118 Å². The summed E-state index contributed by atoms with van der Waals surface area (Å²) >= 11 is 0. The lowest BCUT2D eigenvalue weighted by molar-refractivity contribution is -0.140. The highest BCUT2D eigenvalue weighted by molar-refractivity contribution is 5.73. The number of unbranched alkanes of at least 4 members (excludes halogenated alkanes) is 5. The van der Waals surface area contributed by atoms with Gasteiger partial charge in [-0.05, 0) is 19.3 Å². The number of carbonyl (C=O) groups is 1. The highest BCUT2D eigenvalue weighted by Crippen LogP contribution is 2.19. The maximum absolute atomic E-state index is 11.3. The topological polar surface area (TPSA) is 49.3 Å². The van der Waals surface area contributed by atoms with Gasteiger partial charge in [0.2, 0.25) is 0 Å². The summed E-state index contributed by atoms with van der Waals surface area (Å²) in [5, 5.41) is 12.6. The van der Waals surface area contributed by atoms with E-state index in [4.69, 9.17) is 0 Å². The van der Waals surface area contributed by atoms with Gasteiger partial charge in [0.25, 0.3) is 0 Å². The number of rotatable bonds is 10. The molecular weight excluding hydrogens is 238 g/mol. The Morgan fingerprint density at radius 3 is 2.37 bits per heavy atom. The Balaban J connectivity index is 2.15. The standard InChI is InChI=1S/C16H31NO2/c1-2-3-4-5-6-10-13-15(16(18)19)17-14-11-8-7-9-12-14/h14-15,17H,2-13H2,1H3,(H,18,19). The first kappa shape index (κ1) is 16.5. The molecule has 3 heteroatoms. The van der Waals surface area contributed by atoms with Gasteiger partial charge in [-0.3, -0.25) is 4.79 Å². The first-order valence-corrected chi connectivity index (χ1v) is 8.23. The van der Waals surface area contributed by atoms with E-state index in [0.29, 0.717) is 6.04 Å². The van der Waals surface area contributed by atoms with Crippen molar-refractivity contribution in [3.8, 4) is 0 Å². The Hall–Kier alpha value is -0.570. The molecule has 0 bridgehead atoms. The third kappa shape index (κ3) is 7.56. The first-order chi connectivity index (χ1) is 9.24. The predicted octanol–water partition coefficient (Wildman–Crippen LogP) is 4.11. The van der Waals surface area contributed by atoms with Crippen LogP contribution >= 0.6 is 0 Å². The number of carboxylic acids is 1. The third-order valence-corrected chi connectivity index (χ3v) is 4.19. The zero-order chi connectivity index (χ0) is 13.9. The van der Waals surface area contributed by atoms with E-state index < -0.39 is 5.97 Å². The molecule has 0 aromatic rings. The molecule has 1 aliphatic carbocycles. The van der Waals surface area contributed by atoms with Crippen molar-refractivity contribution < 1.29 is 9.90 Å². The summed E-state index contributed by atoms with van der Waals surface area (Å²) in [6.07, 6.45) is 14.3. The molecule has 0 aromatic carbocycles.